The molecule has 3 N–H and O–H groups in total. The molecule has 108 valence electrons. The number of aromatic amines is 2. The summed E-state index contributed by atoms with van der Waals surface area (Å²) < 4.78 is 13.9. The Hall–Kier alpha value is -1.73. The molecule has 1 aromatic carbocycles. The second-order valence-corrected chi connectivity index (χ2v) is 5.84. The summed E-state index contributed by atoms with van der Waals surface area (Å²) in [6.07, 6.45) is 0. The summed E-state index contributed by atoms with van der Waals surface area (Å²) in [5, 5.41) is 9.76. The number of nitrogens with zero attached hydrogens (tertiary/aromatic N) is 1. The number of fused-ring (bicyclic) bond motifs is 1. The number of likely N-dealkylation sites (N-methyl/N-ethyl adjacent to an activating group) is 1. The number of amides is 1. The van der Waals surface area contributed by atoms with Crippen molar-refractivity contribution in [3.63, 3.8) is 0 Å². The van der Waals surface area contributed by atoms with Gasteiger partial charge in [-0.1, -0.05) is 0 Å². The Morgan fingerprint density at radius 3 is 2.70 bits per heavy atom. The number of nitrogens with one attached hydrogen (secondary N) is 2. The Morgan fingerprint density at radius 2 is 2.10 bits per heavy atom. The molecule has 0 saturated heterocycles. The van der Waals surface area contributed by atoms with Crippen molar-refractivity contribution in [1.29, 1.82) is 0 Å². The predicted octanol–water partition coefficient (Wildman–Crippen LogP) is 2.21. The molecular formula is C13H16FN3O2S. The van der Waals surface area contributed by atoms with Gasteiger partial charge in [0.15, 0.2) is 4.77 Å². The number of halogens is 1. The van der Waals surface area contributed by atoms with Gasteiger partial charge in [0.25, 0.3) is 5.91 Å². The van der Waals surface area contributed by atoms with Gasteiger partial charge < -0.3 is 20.0 Å². The lowest BCUT2D eigenvalue weighted by atomic mass is 10.1. The lowest BCUT2D eigenvalue weighted by molar-refractivity contribution is 0.0368. The highest BCUT2D eigenvalue weighted by Gasteiger charge is 2.22. The molecule has 2 aromatic rings. The van der Waals surface area contributed by atoms with Crippen molar-refractivity contribution in [1.82, 2.24) is 14.9 Å². The van der Waals surface area contributed by atoms with E-state index in [4.69, 9.17) is 12.2 Å². The van der Waals surface area contributed by atoms with E-state index in [-0.39, 0.29) is 18.0 Å². The van der Waals surface area contributed by atoms with Gasteiger partial charge in [0, 0.05) is 13.6 Å². The maximum Gasteiger partial charge on any atom is 0.255 e. The fourth-order valence-corrected chi connectivity index (χ4v) is 2.35. The van der Waals surface area contributed by atoms with Crippen LogP contribution in [0.4, 0.5) is 4.39 Å². The van der Waals surface area contributed by atoms with E-state index in [2.05, 4.69) is 9.97 Å². The Kier molecular flexibility index (Phi) is 3.66. The molecule has 0 spiro atoms. The zero-order valence-electron chi connectivity index (χ0n) is 11.5. The van der Waals surface area contributed by atoms with E-state index in [9.17, 15) is 14.3 Å². The summed E-state index contributed by atoms with van der Waals surface area (Å²) in [6, 6.07) is 2.43. The molecule has 0 unspecified atom stereocenters. The van der Waals surface area contributed by atoms with Crippen molar-refractivity contribution in [2.24, 2.45) is 0 Å². The van der Waals surface area contributed by atoms with Crippen LogP contribution in [0.5, 0.6) is 0 Å². The molecule has 0 bridgehead atoms. The van der Waals surface area contributed by atoms with Crippen molar-refractivity contribution >= 4 is 29.2 Å². The van der Waals surface area contributed by atoms with Gasteiger partial charge >= 0.3 is 0 Å². The van der Waals surface area contributed by atoms with Gasteiger partial charge in [0.2, 0.25) is 0 Å². The van der Waals surface area contributed by atoms with Gasteiger partial charge in [-0.05, 0) is 38.2 Å². The smallest absolute Gasteiger partial charge is 0.255 e. The third-order valence-electron chi connectivity index (χ3n) is 2.79. The van der Waals surface area contributed by atoms with Crippen LogP contribution in [0, 0.1) is 10.6 Å². The molecule has 1 amide bonds. The number of rotatable bonds is 3. The number of carbonyl (C=O) groups excluding carboxylic acids is 1. The van der Waals surface area contributed by atoms with E-state index in [0.29, 0.717) is 15.8 Å². The third-order valence-corrected chi connectivity index (χ3v) is 3.00. The standard InChI is InChI=1S/C13H16FN3O2S/c1-13(2,19)6-17(3)11(18)8-4-7(14)5-9-10(8)16-12(20)15-9/h4-5,19H,6H2,1-3H3,(H2,15,16,20). The van der Waals surface area contributed by atoms with E-state index in [0.717, 1.165) is 6.07 Å². The number of aliphatic hydroxyl groups is 1. The van der Waals surface area contributed by atoms with Crippen molar-refractivity contribution in [2.45, 2.75) is 19.4 Å². The van der Waals surface area contributed by atoms with Gasteiger partial charge in [0.05, 0.1) is 22.2 Å². The molecule has 1 heterocycles. The lowest BCUT2D eigenvalue weighted by Crippen LogP contribution is -2.39. The average Bonchev–Trinajstić information content (AvgIpc) is 2.64. The minimum absolute atomic E-state index is 0.134. The Morgan fingerprint density at radius 1 is 1.45 bits per heavy atom. The fraction of sp³-hybridized carbons (Fsp3) is 0.385. The van der Waals surface area contributed by atoms with Crippen molar-refractivity contribution in [3.8, 4) is 0 Å². The van der Waals surface area contributed by atoms with Gasteiger partial charge in [-0.2, -0.15) is 0 Å². The zero-order chi connectivity index (χ0) is 15.1. The van der Waals surface area contributed by atoms with Crippen LogP contribution in [0.15, 0.2) is 12.1 Å². The Bertz CT molecular complexity index is 714. The summed E-state index contributed by atoms with van der Waals surface area (Å²) >= 11 is 4.96. The van der Waals surface area contributed by atoms with Crippen LogP contribution in [0.25, 0.3) is 11.0 Å². The van der Waals surface area contributed by atoms with Gasteiger partial charge in [-0.3, -0.25) is 4.79 Å². The lowest BCUT2D eigenvalue weighted by Gasteiger charge is -2.25. The zero-order valence-corrected chi connectivity index (χ0v) is 12.3. The molecule has 2 rings (SSSR count). The van der Waals surface area contributed by atoms with Gasteiger partial charge in [0.1, 0.15) is 5.82 Å². The van der Waals surface area contributed by atoms with E-state index < -0.39 is 11.4 Å². The monoisotopic (exact) mass is 297 g/mol. The van der Waals surface area contributed by atoms with Crippen molar-refractivity contribution in [2.75, 3.05) is 13.6 Å². The van der Waals surface area contributed by atoms with Crippen LogP contribution in [0.3, 0.4) is 0 Å². The first-order valence-electron chi connectivity index (χ1n) is 6.07. The molecule has 0 radical (unpaired) electrons. The number of hydrogen-bond acceptors (Lipinski definition) is 3. The predicted molar refractivity (Wildman–Crippen MR) is 76.7 cm³/mol. The number of hydrogen-bond donors (Lipinski definition) is 3. The topological polar surface area (TPSA) is 72.1 Å². The number of benzene rings is 1. The maximum absolute atomic E-state index is 13.6. The van der Waals surface area contributed by atoms with Gasteiger partial charge in [-0.15, -0.1) is 0 Å². The van der Waals surface area contributed by atoms with E-state index in [1.54, 1.807) is 20.9 Å². The van der Waals surface area contributed by atoms with Crippen LogP contribution in [0.1, 0.15) is 24.2 Å². The highest BCUT2D eigenvalue weighted by Crippen LogP contribution is 2.20. The molecule has 1 aromatic heterocycles. The van der Waals surface area contributed by atoms with Crippen LogP contribution in [-0.2, 0) is 0 Å². The first-order chi connectivity index (χ1) is 9.17. The van der Waals surface area contributed by atoms with E-state index in [1.807, 2.05) is 0 Å². The molecule has 0 aliphatic rings. The summed E-state index contributed by atoms with van der Waals surface area (Å²) in [7, 11) is 1.55. The average molecular weight is 297 g/mol. The first-order valence-corrected chi connectivity index (χ1v) is 6.47. The van der Waals surface area contributed by atoms with Gasteiger partial charge in [-0.25, -0.2) is 4.39 Å². The quantitative estimate of drug-likeness (QED) is 0.761. The molecule has 0 fully saturated rings. The minimum Gasteiger partial charge on any atom is -0.389 e. The number of carbonyl (C=O) groups is 1. The first kappa shape index (κ1) is 14.7. The third kappa shape index (κ3) is 3.05. The summed E-state index contributed by atoms with van der Waals surface area (Å²) in [5.74, 6) is -0.912. The molecule has 0 aliphatic heterocycles. The highest BCUT2D eigenvalue weighted by atomic mass is 32.1. The second-order valence-electron chi connectivity index (χ2n) is 5.43. The Labute approximate surface area is 120 Å². The molecule has 20 heavy (non-hydrogen) atoms. The summed E-state index contributed by atoms with van der Waals surface area (Å²) in [6.45, 7) is 3.33. The molecule has 7 heteroatoms. The number of imidazole rings is 1. The highest BCUT2D eigenvalue weighted by molar-refractivity contribution is 7.71. The van der Waals surface area contributed by atoms with Crippen molar-refractivity contribution < 1.29 is 14.3 Å². The largest absolute Gasteiger partial charge is 0.389 e. The van der Waals surface area contributed by atoms with Crippen molar-refractivity contribution in [3.05, 3.63) is 28.3 Å². The summed E-state index contributed by atoms with van der Waals surface area (Å²) in [5.41, 5.74) is 0.0557. The Balaban J connectivity index is 2.46. The van der Waals surface area contributed by atoms with Crippen LogP contribution in [-0.4, -0.2) is 45.1 Å². The normalized spacial score (nSPS) is 11.8. The molecule has 0 atom stereocenters. The minimum atomic E-state index is -1.03. The fourth-order valence-electron chi connectivity index (χ4n) is 2.13. The van der Waals surface area contributed by atoms with E-state index >= 15 is 0 Å². The molecule has 0 aliphatic carbocycles. The maximum atomic E-state index is 13.6. The second kappa shape index (κ2) is 4.99. The number of aromatic nitrogens is 2. The van der Waals surface area contributed by atoms with Crippen LogP contribution in [0.2, 0.25) is 0 Å². The molecular weight excluding hydrogens is 281 g/mol. The molecule has 5 nitrogen and oxygen atoms in total. The van der Waals surface area contributed by atoms with Crippen LogP contribution >= 0.6 is 12.2 Å². The summed E-state index contributed by atoms with van der Waals surface area (Å²) in [4.78, 5) is 19.3. The number of H-pyrrole nitrogens is 2. The van der Waals surface area contributed by atoms with Crippen LogP contribution < -0.4 is 0 Å². The SMILES string of the molecule is CN(CC(C)(C)O)C(=O)c1cc(F)cc2[nH]c(=S)[nH]c12. The van der Waals surface area contributed by atoms with E-state index in [1.165, 1.54) is 11.0 Å². The molecule has 0 saturated carbocycles.